The Bertz CT molecular complexity index is 588. The van der Waals surface area contributed by atoms with Gasteiger partial charge < -0.3 is 10.4 Å². The number of nitrogens with one attached hydrogen (secondary N) is 1. The van der Waals surface area contributed by atoms with Crippen LogP contribution in [0.25, 0.3) is 0 Å². The van der Waals surface area contributed by atoms with Gasteiger partial charge >= 0.3 is 0 Å². The molecule has 0 saturated carbocycles. The maximum atomic E-state index is 11.1. The predicted molar refractivity (Wildman–Crippen MR) is 112 cm³/mol. The van der Waals surface area contributed by atoms with Gasteiger partial charge in [-0.25, -0.2) is 0 Å². The Hall–Kier alpha value is -1.06. The molecule has 1 atom stereocenters. The Labute approximate surface area is 161 Å². The van der Waals surface area contributed by atoms with E-state index < -0.39 is 0 Å². The van der Waals surface area contributed by atoms with Crippen molar-refractivity contribution in [1.29, 1.82) is 0 Å². The molecular formula is C23H40N2O. The number of aromatic hydroxyl groups is 1. The van der Waals surface area contributed by atoms with Crippen LogP contribution in [0, 0.1) is 5.41 Å². The Morgan fingerprint density at radius 2 is 1.27 bits per heavy atom. The van der Waals surface area contributed by atoms with Crippen LogP contribution in [0.5, 0.6) is 5.75 Å². The van der Waals surface area contributed by atoms with E-state index in [1.165, 1.54) is 5.56 Å². The fraction of sp³-hybridized carbons (Fsp3) is 0.739. The first kappa shape index (κ1) is 21.2. The van der Waals surface area contributed by atoms with Crippen molar-refractivity contribution in [3.63, 3.8) is 0 Å². The Morgan fingerprint density at radius 3 is 1.62 bits per heavy atom. The van der Waals surface area contributed by atoms with Crippen LogP contribution < -0.4 is 5.32 Å². The van der Waals surface area contributed by atoms with E-state index in [9.17, 15) is 5.11 Å². The lowest BCUT2D eigenvalue weighted by Crippen LogP contribution is -2.48. The number of hydrogen-bond acceptors (Lipinski definition) is 3. The van der Waals surface area contributed by atoms with Crippen LogP contribution in [0.3, 0.4) is 0 Å². The second kappa shape index (κ2) is 7.16. The summed E-state index contributed by atoms with van der Waals surface area (Å²) >= 11 is 0. The van der Waals surface area contributed by atoms with Gasteiger partial charge in [-0.2, -0.15) is 0 Å². The van der Waals surface area contributed by atoms with Crippen molar-refractivity contribution in [3.05, 3.63) is 28.8 Å². The number of piperazine rings is 1. The second-order valence-corrected chi connectivity index (χ2v) is 11.0. The van der Waals surface area contributed by atoms with Crippen LogP contribution in [0.4, 0.5) is 0 Å². The standard InChI is InChI=1S/C23H40N2O/c1-21(2,3)17-14-16(15-18(19(17)26)22(4,5)6)20(23(7,8)9)25-12-10-24-11-13-25/h14-15,20,24,26H,10-13H2,1-9H3/t20-/m1/s1. The summed E-state index contributed by atoms with van der Waals surface area (Å²) in [6, 6.07) is 4.87. The van der Waals surface area contributed by atoms with E-state index >= 15 is 0 Å². The molecule has 3 heteroatoms. The van der Waals surface area contributed by atoms with Crippen molar-refractivity contribution in [2.75, 3.05) is 26.2 Å². The normalized spacial score (nSPS) is 18.8. The quantitative estimate of drug-likeness (QED) is 0.781. The van der Waals surface area contributed by atoms with Gasteiger partial charge in [0, 0.05) is 32.2 Å². The van der Waals surface area contributed by atoms with Crippen LogP contribution in [-0.4, -0.2) is 36.2 Å². The molecule has 0 amide bonds. The van der Waals surface area contributed by atoms with Gasteiger partial charge in [0.25, 0.3) is 0 Å². The maximum absolute atomic E-state index is 11.1. The average molecular weight is 361 g/mol. The number of rotatable bonds is 2. The summed E-state index contributed by atoms with van der Waals surface area (Å²) in [5.41, 5.74) is 3.40. The number of hydrogen-bond donors (Lipinski definition) is 2. The third-order valence-electron chi connectivity index (χ3n) is 5.40. The van der Waals surface area contributed by atoms with Gasteiger partial charge in [0.2, 0.25) is 0 Å². The third-order valence-corrected chi connectivity index (χ3v) is 5.40. The first-order valence-corrected chi connectivity index (χ1v) is 10.1. The highest BCUT2D eigenvalue weighted by atomic mass is 16.3. The van der Waals surface area contributed by atoms with Gasteiger partial charge in [-0.3, -0.25) is 4.90 Å². The molecule has 148 valence electrons. The smallest absolute Gasteiger partial charge is 0.123 e. The number of nitrogens with zero attached hydrogens (tertiary/aromatic N) is 1. The molecule has 1 aromatic carbocycles. The molecule has 1 aliphatic rings. The summed E-state index contributed by atoms with van der Waals surface area (Å²) in [5, 5.41) is 14.5. The van der Waals surface area contributed by atoms with E-state index in [1.807, 2.05) is 0 Å². The zero-order valence-electron chi connectivity index (χ0n) is 18.5. The lowest BCUT2D eigenvalue weighted by atomic mass is 9.74. The SMILES string of the molecule is CC(C)(C)c1cc([C@@H](N2CCNCC2)C(C)(C)C)cc(C(C)(C)C)c1O. The van der Waals surface area contributed by atoms with Crippen molar-refractivity contribution in [3.8, 4) is 5.75 Å². The fourth-order valence-electron chi connectivity index (χ4n) is 4.16. The third kappa shape index (κ3) is 4.61. The Morgan fingerprint density at radius 1 is 0.846 bits per heavy atom. The van der Waals surface area contributed by atoms with Crippen molar-refractivity contribution >= 4 is 0 Å². The zero-order valence-corrected chi connectivity index (χ0v) is 18.5. The van der Waals surface area contributed by atoms with Gasteiger partial charge in [-0.15, -0.1) is 0 Å². The maximum Gasteiger partial charge on any atom is 0.123 e. The van der Waals surface area contributed by atoms with Crippen molar-refractivity contribution < 1.29 is 5.11 Å². The van der Waals surface area contributed by atoms with Gasteiger partial charge in [0.05, 0.1) is 0 Å². The topological polar surface area (TPSA) is 35.5 Å². The van der Waals surface area contributed by atoms with Gasteiger partial charge in [0.15, 0.2) is 0 Å². The molecule has 1 heterocycles. The lowest BCUT2D eigenvalue weighted by Gasteiger charge is -2.43. The van der Waals surface area contributed by atoms with E-state index in [1.54, 1.807) is 0 Å². The lowest BCUT2D eigenvalue weighted by molar-refractivity contribution is 0.0859. The van der Waals surface area contributed by atoms with E-state index in [0.717, 1.165) is 37.3 Å². The molecule has 1 aromatic rings. The average Bonchev–Trinajstić information content (AvgIpc) is 2.46. The highest BCUT2D eigenvalue weighted by Gasteiger charge is 2.35. The predicted octanol–water partition coefficient (Wildman–Crippen LogP) is 4.98. The minimum absolute atomic E-state index is 0.0913. The molecular weight excluding hydrogens is 320 g/mol. The van der Waals surface area contributed by atoms with Gasteiger partial charge in [-0.1, -0.05) is 62.3 Å². The molecule has 0 aliphatic carbocycles. The second-order valence-electron chi connectivity index (χ2n) is 11.0. The number of phenols is 1. The monoisotopic (exact) mass is 360 g/mol. The van der Waals surface area contributed by atoms with Crippen LogP contribution in [0.2, 0.25) is 0 Å². The minimum Gasteiger partial charge on any atom is -0.507 e. The van der Waals surface area contributed by atoms with Gasteiger partial charge in [-0.05, 0) is 45.1 Å². The highest BCUT2D eigenvalue weighted by Crippen LogP contribution is 2.45. The molecule has 1 fully saturated rings. The molecule has 1 saturated heterocycles. The first-order valence-electron chi connectivity index (χ1n) is 10.1. The first-order chi connectivity index (χ1) is 11.7. The Kier molecular flexibility index (Phi) is 5.85. The molecule has 26 heavy (non-hydrogen) atoms. The minimum atomic E-state index is -0.0913. The molecule has 0 aromatic heterocycles. The molecule has 0 spiro atoms. The van der Waals surface area contributed by atoms with Gasteiger partial charge in [0.1, 0.15) is 5.75 Å². The van der Waals surface area contributed by atoms with Crippen LogP contribution in [0.1, 0.15) is 85.0 Å². The van der Waals surface area contributed by atoms with E-state index in [4.69, 9.17) is 0 Å². The molecule has 1 aliphatic heterocycles. The summed E-state index contributed by atoms with van der Waals surface area (Å²) in [4.78, 5) is 2.61. The number of phenolic OH excluding ortho intramolecular Hbond substituents is 1. The van der Waals surface area contributed by atoms with E-state index in [0.29, 0.717) is 11.8 Å². The fourth-order valence-corrected chi connectivity index (χ4v) is 4.16. The Balaban J connectivity index is 2.68. The molecule has 0 unspecified atom stereocenters. The van der Waals surface area contributed by atoms with Crippen molar-refractivity contribution in [2.24, 2.45) is 5.41 Å². The van der Waals surface area contributed by atoms with E-state index in [2.05, 4.69) is 84.7 Å². The summed E-state index contributed by atoms with van der Waals surface area (Å²) in [6.45, 7) is 24.4. The summed E-state index contributed by atoms with van der Waals surface area (Å²) < 4.78 is 0. The molecule has 0 bridgehead atoms. The van der Waals surface area contributed by atoms with Crippen molar-refractivity contribution in [2.45, 2.75) is 79.2 Å². The molecule has 2 rings (SSSR count). The zero-order chi connectivity index (χ0) is 19.9. The van der Waals surface area contributed by atoms with Crippen LogP contribution >= 0.6 is 0 Å². The van der Waals surface area contributed by atoms with Crippen LogP contribution in [0.15, 0.2) is 12.1 Å². The van der Waals surface area contributed by atoms with E-state index in [-0.39, 0.29) is 16.2 Å². The highest BCUT2D eigenvalue weighted by molar-refractivity contribution is 5.50. The largest absolute Gasteiger partial charge is 0.507 e. The van der Waals surface area contributed by atoms with Crippen molar-refractivity contribution in [1.82, 2.24) is 10.2 Å². The summed E-state index contributed by atoms with van der Waals surface area (Å²) in [7, 11) is 0. The summed E-state index contributed by atoms with van der Waals surface area (Å²) in [5.74, 6) is 0.474. The summed E-state index contributed by atoms with van der Waals surface area (Å²) in [6.07, 6.45) is 0. The molecule has 0 radical (unpaired) electrons. The molecule has 3 nitrogen and oxygen atoms in total. The van der Waals surface area contributed by atoms with Crippen LogP contribution in [-0.2, 0) is 10.8 Å². The molecule has 2 N–H and O–H groups in total. The number of benzene rings is 1.